The molecule has 1 saturated heterocycles. The number of anilines is 1. The minimum absolute atomic E-state index is 0.0418. The molecule has 2 heterocycles. The summed E-state index contributed by atoms with van der Waals surface area (Å²) < 4.78 is 24.8. The third-order valence-electron chi connectivity index (χ3n) is 10.6. The molecule has 1 aliphatic carbocycles. The maximum absolute atomic E-state index is 14.4. The lowest BCUT2D eigenvalue weighted by Gasteiger charge is -2.47. The monoisotopic (exact) mass is 737 g/mol. The molecular weight excluding hydrogens is 683 g/mol. The Balaban J connectivity index is 1.42. The van der Waals surface area contributed by atoms with Gasteiger partial charge in [-0.1, -0.05) is 79.9 Å². The van der Waals surface area contributed by atoms with Crippen LogP contribution in [0.3, 0.4) is 0 Å². The molecule has 6 atom stereocenters. The van der Waals surface area contributed by atoms with E-state index in [2.05, 4.69) is 25.8 Å². The van der Waals surface area contributed by atoms with E-state index in [1.807, 2.05) is 86.8 Å². The van der Waals surface area contributed by atoms with Crippen molar-refractivity contribution in [2.75, 3.05) is 24.7 Å². The first-order chi connectivity index (χ1) is 24.0. The molecule has 1 saturated carbocycles. The van der Waals surface area contributed by atoms with Crippen molar-refractivity contribution in [1.82, 2.24) is 20.5 Å². The SMILES string of the molecule is CC(C)(C)NC(=O)[C@@H]1CC2CCCCC2CN1C[C@@H](O)[C@H](Cc1ccccc1)NC(=O)[C@@H](Nc1nc(-c2ccccc2)cs1)C(C)(C)S(C)(=O)=O. The lowest BCUT2D eigenvalue weighted by molar-refractivity contribution is -0.133. The number of aliphatic hydroxyl groups is 1. The molecule has 4 N–H and O–H groups in total. The topological polar surface area (TPSA) is 141 Å². The van der Waals surface area contributed by atoms with Gasteiger partial charge in [0.05, 0.1) is 28.6 Å². The highest BCUT2D eigenvalue weighted by Crippen LogP contribution is 2.39. The van der Waals surface area contributed by atoms with E-state index in [4.69, 9.17) is 0 Å². The van der Waals surface area contributed by atoms with Gasteiger partial charge in [-0.25, -0.2) is 13.4 Å². The number of piperidine rings is 1. The van der Waals surface area contributed by atoms with Crippen molar-refractivity contribution in [1.29, 1.82) is 0 Å². The van der Waals surface area contributed by atoms with Crippen LogP contribution in [0.25, 0.3) is 11.3 Å². The number of thiazole rings is 1. The largest absolute Gasteiger partial charge is 0.390 e. The van der Waals surface area contributed by atoms with Crippen molar-refractivity contribution in [2.24, 2.45) is 11.8 Å². The number of likely N-dealkylation sites (tertiary alicyclic amines) is 1. The number of sulfone groups is 1. The average molecular weight is 738 g/mol. The lowest BCUT2D eigenvalue weighted by atomic mass is 9.72. The van der Waals surface area contributed by atoms with Crippen molar-refractivity contribution in [2.45, 2.75) is 108 Å². The van der Waals surface area contributed by atoms with Crippen molar-refractivity contribution >= 4 is 38.1 Å². The molecule has 1 aliphatic heterocycles. The number of benzene rings is 2. The maximum Gasteiger partial charge on any atom is 0.244 e. The van der Waals surface area contributed by atoms with Crippen molar-refractivity contribution in [3.05, 3.63) is 71.6 Å². The van der Waals surface area contributed by atoms with Gasteiger partial charge in [-0.3, -0.25) is 14.5 Å². The molecule has 0 radical (unpaired) electrons. The fourth-order valence-corrected chi connectivity index (χ4v) is 8.73. The number of carbonyl (C=O) groups is 2. The van der Waals surface area contributed by atoms with Crippen LogP contribution in [0.5, 0.6) is 0 Å². The number of nitrogens with zero attached hydrogens (tertiary/aromatic N) is 2. The summed E-state index contributed by atoms with van der Waals surface area (Å²) in [4.78, 5) is 34.9. The molecule has 2 unspecified atom stereocenters. The quantitative estimate of drug-likeness (QED) is 0.186. The third-order valence-corrected chi connectivity index (χ3v) is 13.5. The first-order valence-electron chi connectivity index (χ1n) is 18.1. The Labute approximate surface area is 307 Å². The molecule has 10 nitrogen and oxygen atoms in total. The van der Waals surface area contributed by atoms with Gasteiger partial charge in [-0.05, 0) is 71.3 Å². The highest BCUT2D eigenvalue weighted by Gasteiger charge is 2.46. The summed E-state index contributed by atoms with van der Waals surface area (Å²) >= 11 is 1.29. The molecule has 5 rings (SSSR count). The summed E-state index contributed by atoms with van der Waals surface area (Å²) in [6.07, 6.45) is 5.69. The van der Waals surface area contributed by atoms with Crippen LogP contribution in [0.15, 0.2) is 66.0 Å². The van der Waals surface area contributed by atoms with Crippen LogP contribution in [0, 0.1) is 11.8 Å². The van der Waals surface area contributed by atoms with Gasteiger partial charge < -0.3 is 21.1 Å². The number of carbonyl (C=O) groups excluding carboxylic acids is 2. The summed E-state index contributed by atoms with van der Waals surface area (Å²) in [5.41, 5.74) is 2.13. The molecule has 2 aromatic carbocycles. The van der Waals surface area contributed by atoms with Gasteiger partial charge in [0.15, 0.2) is 15.0 Å². The highest BCUT2D eigenvalue weighted by molar-refractivity contribution is 7.92. The van der Waals surface area contributed by atoms with E-state index in [1.54, 1.807) is 0 Å². The average Bonchev–Trinajstić information content (AvgIpc) is 3.55. The van der Waals surface area contributed by atoms with E-state index in [-0.39, 0.29) is 12.5 Å². The van der Waals surface area contributed by atoms with Crippen molar-refractivity contribution in [3.63, 3.8) is 0 Å². The number of β-amino-alcohol motifs (C(OH)–C–C–N with tert-alkyl or cyclic N) is 1. The summed E-state index contributed by atoms with van der Waals surface area (Å²) in [5.74, 6) is 0.325. The van der Waals surface area contributed by atoms with Gasteiger partial charge in [0.2, 0.25) is 11.8 Å². The zero-order valence-corrected chi connectivity index (χ0v) is 32.4. The highest BCUT2D eigenvalue weighted by atomic mass is 32.2. The first-order valence-corrected chi connectivity index (χ1v) is 20.8. The molecule has 278 valence electrons. The molecule has 51 heavy (non-hydrogen) atoms. The van der Waals surface area contributed by atoms with Crippen LogP contribution in [0.1, 0.15) is 72.3 Å². The van der Waals surface area contributed by atoms with Crippen LogP contribution in [-0.4, -0.2) is 89.1 Å². The van der Waals surface area contributed by atoms with Crippen LogP contribution in [0.2, 0.25) is 0 Å². The predicted octanol–water partition coefficient (Wildman–Crippen LogP) is 5.30. The molecule has 0 bridgehead atoms. The number of hydrogen-bond donors (Lipinski definition) is 4. The van der Waals surface area contributed by atoms with Gasteiger partial charge >= 0.3 is 0 Å². The number of aliphatic hydroxyl groups excluding tert-OH is 1. The number of hydrogen-bond acceptors (Lipinski definition) is 9. The molecule has 1 aromatic heterocycles. The predicted molar refractivity (Wildman–Crippen MR) is 205 cm³/mol. The number of nitrogens with one attached hydrogen (secondary N) is 3. The molecule has 2 amide bonds. The normalized spacial score (nSPS) is 21.9. The summed E-state index contributed by atoms with van der Waals surface area (Å²) in [6.45, 7) is 9.86. The number of fused-ring (bicyclic) bond motifs is 1. The second kappa shape index (κ2) is 16.1. The second-order valence-corrected chi connectivity index (χ2v) is 19.4. The number of aromatic nitrogens is 1. The van der Waals surface area contributed by atoms with Crippen LogP contribution >= 0.6 is 11.3 Å². The van der Waals surface area contributed by atoms with Crippen molar-refractivity contribution < 1.29 is 23.1 Å². The summed E-state index contributed by atoms with van der Waals surface area (Å²) in [7, 11) is -3.75. The maximum atomic E-state index is 14.4. The fraction of sp³-hybridized carbons (Fsp3) is 0.564. The van der Waals surface area contributed by atoms with Crippen molar-refractivity contribution in [3.8, 4) is 11.3 Å². The fourth-order valence-electron chi connectivity index (χ4n) is 7.39. The Morgan fingerprint density at radius 1 is 0.980 bits per heavy atom. The standard InChI is InChI=1S/C39H55N5O5S2/c1-38(2,3)43-35(46)32-22-28-19-13-14-20-29(28)23-44(32)24-33(45)30(21-26-15-9-7-10-16-26)40-36(47)34(39(4,5)51(6,48)49)42-37-41-31(25-50-37)27-17-11-8-12-18-27/h7-12,15-18,25,28-30,32-34,45H,13-14,19-24H2,1-6H3,(H,40,47)(H,41,42)(H,43,46)/t28?,29?,30-,32-,33+,34+/m0/s1. The van der Waals surface area contributed by atoms with E-state index >= 15 is 0 Å². The van der Waals surface area contributed by atoms with Gasteiger partial charge in [-0.15, -0.1) is 11.3 Å². The molecule has 2 aliphatic rings. The minimum Gasteiger partial charge on any atom is -0.390 e. The van der Waals surface area contributed by atoms with E-state index in [9.17, 15) is 23.1 Å². The molecular formula is C39H55N5O5S2. The lowest BCUT2D eigenvalue weighted by Crippen LogP contribution is -2.62. The van der Waals surface area contributed by atoms with Crippen LogP contribution < -0.4 is 16.0 Å². The smallest absolute Gasteiger partial charge is 0.244 e. The molecule has 3 aromatic rings. The van der Waals surface area contributed by atoms with E-state index in [0.29, 0.717) is 35.6 Å². The molecule has 12 heteroatoms. The first kappa shape index (κ1) is 38.9. The zero-order chi connectivity index (χ0) is 37.0. The minimum atomic E-state index is -3.75. The van der Waals surface area contributed by atoms with E-state index in [0.717, 1.165) is 36.6 Å². The van der Waals surface area contributed by atoms with Crippen LogP contribution in [-0.2, 0) is 25.8 Å². The Kier molecular flexibility index (Phi) is 12.3. The summed E-state index contributed by atoms with van der Waals surface area (Å²) in [5, 5.41) is 23.7. The Hall–Kier alpha value is -3.32. The van der Waals surface area contributed by atoms with Gasteiger partial charge in [0, 0.05) is 35.8 Å². The molecule has 2 fully saturated rings. The zero-order valence-electron chi connectivity index (χ0n) is 30.8. The van der Waals surface area contributed by atoms with Gasteiger partial charge in [-0.2, -0.15) is 0 Å². The Morgan fingerprint density at radius 3 is 2.24 bits per heavy atom. The van der Waals surface area contributed by atoms with Gasteiger partial charge in [0.1, 0.15) is 6.04 Å². The Bertz CT molecular complexity index is 1720. The van der Waals surface area contributed by atoms with Crippen LogP contribution in [0.4, 0.5) is 5.13 Å². The van der Waals surface area contributed by atoms with E-state index in [1.165, 1.54) is 38.0 Å². The van der Waals surface area contributed by atoms with E-state index < -0.39 is 50.3 Å². The third kappa shape index (κ3) is 9.97. The Morgan fingerprint density at radius 2 is 1.61 bits per heavy atom. The summed E-state index contributed by atoms with van der Waals surface area (Å²) in [6, 6.07) is 16.8. The second-order valence-electron chi connectivity index (χ2n) is 16.0. The molecule has 0 spiro atoms. The number of amides is 2. The van der Waals surface area contributed by atoms with Gasteiger partial charge in [0.25, 0.3) is 0 Å². The number of rotatable bonds is 13.